The first-order chi connectivity index (χ1) is 7.86. The van der Waals surface area contributed by atoms with Gasteiger partial charge in [-0.3, -0.25) is 9.71 Å². The molecule has 0 aliphatic carbocycles. The second-order valence-corrected chi connectivity index (χ2v) is 5.97. The molecule has 0 radical (unpaired) electrons. The van der Waals surface area contributed by atoms with Crippen LogP contribution in [0.2, 0.25) is 0 Å². The molecule has 0 saturated heterocycles. The summed E-state index contributed by atoms with van der Waals surface area (Å²) >= 11 is 4.75. The van der Waals surface area contributed by atoms with Crippen molar-refractivity contribution in [2.24, 2.45) is 5.73 Å². The van der Waals surface area contributed by atoms with Crippen molar-refractivity contribution < 1.29 is 8.42 Å². The fourth-order valence-electron chi connectivity index (χ4n) is 1.42. The molecule has 1 aromatic rings. The molecule has 0 bridgehead atoms. The Morgan fingerprint density at radius 2 is 2.29 bits per heavy atom. The van der Waals surface area contributed by atoms with Gasteiger partial charge in [0.25, 0.3) is 0 Å². The Balaban J connectivity index is 2.97. The van der Waals surface area contributed by atoms with Crippen molar-refractivity contribution in [1.82, 2.24) is 4.98 Å². The van der Waals surface area contributed by atoms with Crippen molar-refractivity contribution in [1.29, 1.82) is 0 Å². The van der Waals surface area contributed by atoms with Gasteiger partial charge in [-0.1, -0.05) is 19.1 Å². The number of nitrogens with two attached hydrogens (primary N) is 1. The zero-order valence-corrected chi connectivity index (χ0v) is 11.3. The van der Waals surface area contributed by atoms with Gasteiger partial charge in [0.15, 0.2) is 0 Å². The Labute approximate surface area is 106 Å². The van der Waals surface area contributed by atoms with Crippen molar-refractivity contribution in [2.45, 2.75) is 25.5 Å². The second kappa shape index (κ2) is 5.42. The van der Waals surface area contributed by atoms with Gasteiger partial charge in [0.1, 0.15) is 5.25 Å². The van der Waals surface area contributed by atoms with E-state index < -0.39 is 15.3 Å². The molecule has 5 nitrogen and oxygen atoms in total. The molecule has 1 aromatic heterocycles. The zero-order valence-electron chi connectivity index (χ0n) is 9.67. The fraction of sp³-hybridized carbons (Fsp3) is 0.400. The van der Waals surface area contributed by atoms with E-state index in [4.69, 9.17) is 18.0 Å². The first-order valence-electron chi connectivity index (χ1n) is 5.10. The summed E-state index contributed by atoms with van der Waals surface area (Å²) in [6, 6.07) is 3.22. The standard InChI is InChI=1S/C10H15N3O2S2/c1-3-9(10(11)16)17(14,15)13-8-4-5-12-7(2)6-8/h4-6,9H,3H2,1-2H3,(H2,11,16)(H,12,13). The molecule has 0 saturated carbocycles. The first kappa shape index (κ1) is 13.9. The van der Waals surface area contributed by atoms with Crippen molar-refractivity contribution in [3.63, 3.8) is 0 Å². The number of thiocarbonyl (C=S) groups is 1. The highest BCUT2D eigenvalue weighted by Crippen LogP contribution is 2.14. The highest BCUT2D eigenvalue weighted by atomic mass is 32.2. The highest BCUT2D eigenvalue weighted by Gasteiger charge is 2.26. The molecule has 94 valence electrons. The Morgan fingerprint density at radius 3 is 2.76 bits per heavy atom. The molecule has 17 heavy (non-hydrogen) atoms. The number of pyridine rings is 1. The number of hydrogen-bond acceptors (Lipinski definition) is 4. The third-order valence-corrected chi connectivity index (χ3v) is 4.51. The lowest BCUT2D eigenvalue weighted by atomic mass is 10.3. The van der Waals surface area contributed by atoms with E-state index in [0.29, 0.717) is 12.1 Å². The molecule has 0 aliphatic heterocycles. The summed E-state index contributed by atoms with van der Waals surface area (Å²) in [4.78, 5) is 3.96. The maximum absolute atomic E-state index is 12.0. The second-order valence-electron chi connectivity index (χ2n) is 3.63. The van der Waals surface area contributed by atoms with Crippen LogP contribution in [0.15, 0.2) is 18.3 Å². The van der Waals surface area contributed by atoms with Gasteiger partial charge in [0, 0.05) is 11.9 Å². The van der Waals surface area contributed by atoms with Crippen LogP contribution in [0.25, 0.3) is 0 Å². The maximum Gasteiger partial charge on any atom is 0.242 e. The fourth-order valence-corrected chi connectivity index (χ4v) is 3.31. The molecule has 0 amide bonds. The zero-order chi connectivity index (χ0) is 13.1. The lowest BCUT2D eigenvalue weighted by Gasteiger charge is -2.16. The minimum atomic E-state index is -3.59. The van der Waals surface area contributed by atoms with Crippen LogP contribution in [-0.4, -0.2) is 23.6 Å². The summed E-state index contributed by atoms with van der Waals surface area (Å²) in [5, 5.41) is -0.856. The number of aromatic nitrogens is 1. The number of sulfonamides is 1. The number of nitrogens with zero attached hydrogens (tertiary/aromatic N) is 1. The van der Waals surface area contributed by atoms with E-state index in [1.54, 1.807) is 26.0 Å². The topological polar surface area (TPSA) is 85.1 Å². The van der Waals surface area contributed by atoms with Gasteiger partial charge in [-0.15, -0.1) is 0 Å². The predicted octanol–water partition coefficient (Wildman–Crippen LogP) is 1.20. The van der Waals surface area contributed by atoms with Gasteiger partial charge in [0.2, 0.25) is 10.0 Å². The summed E-state index contributed by atoms with van der Waals surface area (Å²) in [5.41, 5.74) is 6.61. The van der Waals surface area contributed by atoms with E-state index in [2.05, 4.69) is 9.71 Å². The lowest BCUT2D eigenvalue weighted by molar-refractivity contribution is 0.594. The average Bonchev–Trinajstić information content (AvgIpc) is 2.16. The molecule has 1 rings (SSSR count). The quantitative estimate of drug-likeness (QED) is 0.787. The summed E-state index contributed by atoms with van der Waals surface area (Å²) in [6.07, 6.45) is 1.88. The van der Waals surface area contributed by atoms with Crippen LogP contribution in [0.5, 0.6) is 0 Å². The number of rotatable bonds is 5. The van der Waals surface area contributed by atoms with E-state index in [1.807, 2.05) is 0 Å². The number of nitrogens with one attached hydrogen (secondary N) is 1. The van der Waals surface area contributed by atoms with Gasteiger partial charge in [0.05, 0.1) is 10.7 Å². The molecular weight excluding hydrogens is 258 g/mol. The molecular formula is C10H15N3O2S2. The van der Waals surface area contributed by atoms with E-state index >= 15 is 0 Å². The maximum atomic E-state index is 12.0. The van der Waals surface area contributed by atoms with Crippen molar-refractivity contribution >= 4 is 32.9 Å². The smallest absolute Gasteiger partial charge is 0.242 e. The Hall–Kier alpha value is -1.21. The summed E-state index contributed by atoms with van der Waals surface area (Å²) < 4.78 is 26.4. The minimum absolute atomic E-state index is 0.0224. The average molecular weight is 273 g/mol. The van der Waals surface area contributed by atoms with E-state index in [9.17, 15) is 8.42 Å². The van der Waals surface area contributed by atoms with Crippen LogP contribution in [0.4, 0.5) is 5.69 Å². The van der Waals surface area contributed by atoms with Gasteiger partial charge in [-0.05, 0) is 25.5 Å². The number of anilines is 1. The molecule has 1 unspecified atom stereocenters. The molecule has 0 fully saturated rings. The van der Waals surface area contributed by atoms with Crippen LogP contribution in [0.1, 0.15) is 19.0 Å². The van der Waals surface area contributed by atoms with E-state index in [1.165, 1.54) is 6.20 Å². The minimum Gasteiger partial charge on any atom is -0.392 e. The monoisotopic (exact) mass is 273 g/mol. The van der Waals surface area contributed by atoms with Crippen LogP contribution in [-0.2, 0) is 10.0 Å². The van der Waals surface area contributed by atoms with Gasteiger partial charge >= 0.3 is 0 Å². The Morgan fingerprint density at radius 1 is 1.65 bits per heavy atom. The van der Waals surface area contributed by atoms with Gasteiger partial charge in [-0.25, -0.2) is 8.42 Å². The van der Waals surface area contributed by atoms with Crippen molar-refractivity contribution in [2.75, 3.05) is 4.72 Å². The lowest BCUT2D eigenvalue weighted by Crippen LogP contribution is -2.37. The van der Waals surface area contributed by atoms with E-state index in [0.717, 1.165) is 5.69 Å². The first-order valence-corrected chi connectivity index (χ1v) is 7.06. The third kappa shape index (κ3) is 3.64. The summed E-state index contributed by atoms with van der Waals surface area (Å²) in [5.74, 6) is 0. The predicted molar refractivity (Wildman–Crippen MR) is 72.4 cm³/mol. The van der Waals surface area contributed by atoms with Crippen LogP contribution < -0.4 is 10.5 Å². The normalized spacial score (nSPS) is 13.1. The van der Waals surface area contributed by atoms with Crippen molar-refractivity contribution in [3.8, 4) is 0 Å². The van der Waals surface area contributed by atoms with Crippen LogP contribution in [0, 0.1) is 6.92 Å². The SMILES string of the molecule is CCC(C(N)=S)S(=O)(=O)Nc1ccnc(C)c1. The number of aryl methyl sites for hydroxylation is 1. The molecule has 1 heterocycles. The summed E-state index contributed by atoms with van der Waals surface area (Å²) in [6.45, 7) is 3.50. The largest absolute Gasteiger partial charge is 0.392 e. The van der Waals surface area contributed by atoms with Gasteiger partial charge < -0.3 is 5.73 Å². The Bertz CT molecular complexity index is 514. The molecule has 1 atom stereocenters. The van der Waals surface area contributed by atoms with Crippen molar-refractivity contribution in [3.05, 3.63) is 24.0 Å². The highest BCUT2D eigenvalue weighted by molar-refractivity contribution is 7.95. The van der Waals surface area contributed by atoms with Crippen LogP contribution in [0.3, 0.4) is 0 Å². The van der Waals surface area contributed by atoms with E-state index in [-0.39, 0.29) is 4.99 Å². The van der Waals surface area contributed by atoms with Crippen LogP contribution >= 0.6 is 12.2 Å². The molecule has 3 N–H and O–H groups in total. The van der Waals surface area contributed by atoms with Gasteiger partial charge in [-0.2, -0.15) is 0 Å². The third-order valence-electron chi connectivity index (χ3n) is 2.22. The number of hydrogen-bond donors (Lipinski definition) is 2. The molecule has 0 aliphatic rings. The molecule has 0 aromatic carbocycles. The Kier molecular flexibility index (Phi) is 4.41. The molecule has 7 heteroatoms. The summed E-state index contributed by atoms with van der Waals surface area (Å²) in [7, 11) is -3.59. The molecule has 0 spiro atoms.